The molecule has 2 aromatic rings. The molecule has 0 bridgehead atoms. The summed E-state index contributed by atoms with van der Waals surface area (Å²) in [6.07, 6.45) is 3.78. The van der Waals surface area contributed by atoms with Crippen molar-refractivity contribution in [1.29, 1.82) is 0 Å². The Balaban J connectivity index is 1.86. The van der Waals surface area contributed by atoms with Crippen LogP contribution in [0.1, 0.15) is 13.3 Å². The Kier molecular flexibility index (Phi) is 4.91. The molecule has 2 aromatic heterocycles. The van der Waals surface area contributed by atoms with Gasteiger partial charge in [-0.1, -0.05) is 11.8 Å². The van der Waals surface area contributed by atoms with E-state index in [0.717, 1.165) is 5.56 Å². The fourth-order valence-corrected chi connectivity index (χ4v) is 2.12. The normalized spacial score (nSPS) is 10.4. The van der Waals surface area contributed by atoms with Gasteiger partial charge in [0.1, 0.15) is 0 Å². The molecule has 0 aliphatic carbocycles. The van der Waals surface area contributed by atoms with Gasteiger partial charge in [-0.05, 0) is 19.1 Å². The standard InChI is InChI=1S/C12H14N4O2S/c1-2-18-10(17)5-7-19-12-14-11(15-16-12)9-4-3-6-13-8-9/h3-4,6,8H,2,5,7H2,1H3,(H,14,15,16). The van der Waals surface area contributed by atoms with E-state index >= 15 is 0 Å². The Morgan fingerprint density at radius 1 is 1.53 bits per heavy atom. The van der Waals surface area contributed by atoms with Crippen LogP contribution in [0, 0.1) is 0 Å². The molecular formula is C12H14N4O2S. The van der Waals surface area contributed by atoms with Crippen molar-refractivity contribution in [1.82, 2.24) is 20.2 Å². The van der Waals surface area contributed by atoms with Crippen LogP contribution in [0.15, 0.2) is 29.7 Å². The first-order chi connectivity index (χ1) is 9.29. The average molecular weight is 278 g/mol. The summed E-state index contributed by atoms with van der Waals surface area (Å²) in [5, 5.41) is 7.54. The number of rotatable bonds is 6. The number of carbonyl (C=O) groups is 1. The first-order valence-electron chi connectivity index (χ1n) is 5.91. The SMILES string of the molecule is CCOC(=O)CCSc1n[nH]c(-c2cccnc2)n1. The maximum atomic E-state index is 11.2. The van der Waals surface area contributed by atoms with Gasteiger partial charge in [0, 0.05) is 23.7 Å². The second-order valence-electron chi connectivity index (χ2n) is 3.61. The van der Waals surface area contributed by atoms with Crippen LogP contribution in [0.25, 0.3) is 11.4 Å². The van der Waals surface area contributed by atoms with Gasteiger partial charge in [-0.25, -0.2) is 4.98 Å². The minimum atomic E-state index is -0.196. The van der Waals surface area contributed by atoms with Gasteiger partial charge in [0.2, 0.25) is 5.16 Å². The lowest BCUT2D eigenvalue weighted by Crippen LogP contribution is -2.04. The number of H-pyrrole nitrogens is 1. The Labute approximate surface area is 115 Å². The number of esters is 1. The van der Waals surface area contributed by atoms with E-state index in [0.29, 0.717) is 29.8 Å². The summed E-state index contributed by atoms with van der Waals surface area (Å²) in [6.45, 7) is 2.20. The smallest absolute Gasteiger partial charge is 0.306 e. The number of nitrogens with zero attached hydrogens (tertiary/aromatic N) is 3. The van der Waals surface area contributed by atoms with E-state index in [2.05, 4.69) is 20.2 Å². The van der Waals surface area contributed by atoms with Crippen molar-refractivity contribution < 1.29 is 9.53 Å². The molecule has 1 N–H and O–H groups in total. The number of carbonyl (C=O) groups excluding carboxylic acids is 1. The summed E-state index contributed by atoms with van der Waals surface area (Å²) in [7, 11) is 0. The van der Waals surface area contributed by atoms with Gasteiger partial charge in [0.15, 0.2) is 5.82 Å². The molecule has 0 aromatic carbocycles. The highest BCUT2D eigenvalue weighted by atomic mass is 32.2. The van der Waals surface area contributed by atoms with Gasteiger partial charge < -0.3 is 4.74 Å². The number of aromatic amines is 1. The van der Waals surface area contributed by atoms with Gasteiger partial charge in [-0.3, -0.25) is 14.9 Å². The number of ether oxygens (including phenoxy) is 1. The molecule has 2 heterocycles. The van der Waals surface area contributed by atoms with Crippen molar-refractivity contribution in [2.75, 3.05) is 12.4 Å². The van der Waals surface area contributed by atoms with Crippen LogP contribution in [-0.2, 0) is 9.53 Å². The third-order valence-electron chi connectivity index (χ3n) is 2.24. The van der Waals surface area contributed by atoms with Crippen LogP contribution in [0.4, 0.5) is 0 Å². The lowest BCUT2D eigenvalue weighted by molar-refractivity contribution is -0.142. The molecule has 0 amide bonds. The second-order valence-corrected chi connectivity index (χ2v) is 4.67. The number of pyridine rings is 1. The molecule has 0 aliphatic heterocycles. The minimum absolute atomic E-state index is 0.196. The highest BCUT2D eigenvalue weighted by molar-refractivity contribution is 7.99. The van der Waals surface area contributed by atoms with Gasteiger partial charge in [0.25, 0.3) is 0 Å². The maximum Gasteiger partial charge on any atom is 0.306 e. The molecule has 6 nitrogen and oxygen atoms in total. The molecule has 7 heteroatoms. The minimum Gasteiger partial charge on any atom is -0.466 e. The van der Waals surface area contributed by atoms with E-state index in [9.17, 15) is 4.79 Å². The first-order valence-corrected chi connectivity index (χ1v) is 6.89. The predicted molar refractivity (Wildman–Crippen MR) is 71.6 cm³/mol. The zero-order valence-corrected chi connectivity index (χ0v) is 11.3. The van der Waals surface area contributed by atoms with Gasteiger partial charge in [0.05, 0.1) is 13.0 Å². The van der Waals surface area contributed by atoms with Crippen molar-refractivity contribution in [2.45, 2.75) is 18.5 Å². The number of nitrogens with one attached hydrogen (secondary N) is 1. The average Bonchev–Trinajstić information content (AvgIpc) is 2.89. The maximum absolute atomic E-state index is 11.2. The van der Waals surface area contributed by atoms with E-state index in [-0.39, 0.29) is 5.97 Å². The summed E-state index contributed by atoms with van der Waals surface area (Å²) in [5.74, 6) is 1.08. The molecule has 2 rings (SSSR count). The van der Waals surface area contributed by atoms with Gasteiger partial charge in [-0.15, -0.1) is 5.10 Å². The third kappa shape index (κ3) is 4.06. The zero-order chi connectivity index (χ0) is 13.5. The largest absolute Gasteiger partial charge is 0.466 e. The van der Waals surface area contributed by atoms with Gasteiger partial charge in [-0.2, -0.15) is 0 Å². The van der Waals surface area contributed by atoms with Crippen LogP contribution < -0.4 is 0 Å². The van der Waals surface area contributed by atoms with Crippen LogP contribution >= 0.6 is 11.8 Å². The summed E-state index contributed by atoms with van der Waals surface area (Å²) >= 11 is 1.42. The third-order valence-corrected chi connectivity index (χ3v) is 3.09. The lowest BCUT2D eigenvalue weighted by atomic mass is 10.3. The zero-order valence-electron chi connectivity index (χ0n) is 10.5. The van der Waals surface area contributed by atoms with Crippen molar-refractivity contribution in [2.24, 2.45) is 0 Å². The number of thioether (sulfide) groups is 1. The Bertz CT molecular complexity index is 530. The topological polar surface area (TPSA) is 80.8 Å². The number of hydrogen-bond donors (Lipinski definition) is 1. The molecule has 0 spiro atoms. The molecule has 0 radical (unpaired) electrons. The van der Waals surface area contributed by atoms with Crippen LogP contribution in [0.5, 0.6) is 0 Å². The summed E-state index contributed by atoms with van der Waals surface area (Å²) in [5.41, 5.74) is 0.882. The lowest BCUT2D eigenvalue weighted by Gasteiger charge is -1.99. The van der Waals surface area contributed by atoms with E-state index in [1.165, 1.54) is 11.8 Å². The molecule has 0 fully saturated rings. The molecule has 0 aliphatic rings. The molecule has 0 saturated carbocycles. The molecular weight excluding hydrogens is 264 g/mol. The monoisotopic (exact) mass is 278 g/mol. The first kappa shape index (κ1) is 13.5. The quantitative estimate of drug-likeness (QED) is 0.642. The van der Waals surface area contributed by atoms with E-state index in [1.807, 2.05) is 12.1 Å². The number of hydrogen-bond acceptors (Lipinski definition) is 6. The van der Waals surface area contributed by atoms with E-state index < -0.39 is 0 Å². The molecule has 0 atom stereocenters. The number of aromatic nitrogens is 4. The Morgan fingerprint density at radius 3 is 3.16 bits per heavy atom. The van der Waals surface area contributed by atoms with Crippen molar-refractivity contribution in [3.05, 3.63) is 24.5 Å². The van der Waals surface area contributed by atoms with Crippen molar-refractivity contribution in [3.63, 3.8) is 0 Å². The fourth-order valence-electron chi connectivity index (χ4n) is 1.40. The predicted octanol–water partition coefficient (Wildman–Crippen LogP) is 1.91. The van der Waals surface area contributed by atoms with Crippen LogP contribution in [-0.4, -0.2) is 38.5 Å². The highest BCUT2D eigenvalue weighted by Gasteiger charge is 2.07. The molecule has 100 valence electrons. The second kappa shape index (κ2) is 6.89. The molecule has 19 heavy (non-hydrogen) atoms. The van der Waals surface area contributed by atoms with E-state index in [4.69, 9.17) is 4.74 Å². The van der Waals surface area contributed by atoms with Gasteiger partial charge >= 0.3 is 5.97 Å². The summed E-state index contributed by atoms with van der Waals surface area (Å²) < 4.78 is 4.85. The van der Waals surface area contributed by atoms with Crippen molar-refractivity contribution >= 4 is 17.7 Å². The fraction of sp³-hybridized carbons (Fsp3) is 0.333. The Hall–Kier alpha value is -1.89. The van der Waals surface area contributed by atoms with Crippen LogP contribution in [0.2, 0.25) is 0 Å². The van der Waals surface area contributed by atoms with E-state index in [1.54, 1.807) is 19.3 Å². The summed E-state index contributed by atoms with van der Waals surface area (Å²) in [4.78, 5) is 19.5. The van der Waals surface area contributed by atoms with Crippen LogP contribution in [0.3, 0.4) is 0 Å². The van der Waals surface area contributed by atoms with Crippen molar-refractivity contribution in [3.8, 4) is 11.4 Å². The Morgan fingerprint density at radius 2 is 2.42 bits per heavy atom. The highest BCUT2D eigenvalue weighted by Crippen LogP contribution is 2.18. The molecule has 0 unspecified atom stereocenters. The molecule has 0 saturated heterocycles. The summed E-state index contributed by atoms with van der Waals surface area (Å²) in [6, 6.07) is 3.74.